The molecule has 0 unspecified atom stereocenters. The van der Waals surface area contributed by atoms with E-state index in [0.717, 1.165) is 17.8 Å². The van der Waals surface area contributed by atoms with Crippen LogP contribution in [0.25, 0.3) is 0 Å². The number of benzene rings is 2. The van der Waals surface area contributed by atoms with E-state index in [2.05, 4.69) is 5.32 Å². The van der Waals surface area contributed by atoms with E-state index in [-0.39, 0.29) is 12.5 Å². The van der Waals surface area contributed by atoms with Crippen LogP contribution in [-0.2, 0) is 9.59 Å². The van der Waals surface area contributed by atoms with Crippen LogP contribution in [0, 0.1) is 0 Å². The van der Waals surface area contributed by atoms with Crippen molar-refractivity contribution in [1.82, 2.24) is 9.80 Å². The summed E-state index contributed by atoms with van der Waals surface area (Å²) < 4.78 is 5.88. The molecule has 2 aromatic rings. The summed E-state index contributed by atoms with van der Waals surface area (Å²) in [6.45, 7) is 2.50. The van der Waals surface area contributed by atoms with Crippen molar-refractivity contribution in [2.75, 3.05) is 38.0 Å². The van der Waals surface area contributed by atoms with E-state index in [1.54, 1.807) is 9.80 Å². The molecule has 0 aromatic heterocycles. The fourth-order valence-electron chi connectivity index (χ4n) is 2.68. The Morgan fingerprint density at radius 3 is 2.40 bits per heavy atom. The molecular formula is C19H21N3O3. The molecule has 6 nitrogen and oxygen atoms in total. The minimum absolute atomic E-state index is 0.0139. The lowest BCUT2D eigenvalue weighted by atomic mass is 10.2. The van der Waals surface area contributed by atoms with Crippen molar-refractivity contribution in [3.8, 4) is 11.5 Å². The van der Waals surface area contributed by atoms with Gasteiger partial charge in [-0.1, -0.05) is 30.3 Å². The summed E-state index contributed by atoms with van der Waals surface area (Å²) in [5.74, 6) is 1.43. The molecule has 25 heavy (non-hydrogen) atoms. The first-order valence-corrected chi connectivity index (χ1v) is 8.29. The maximum Gasteiger partial charge on any atom is 0.241 e. The molecule has 0 spiro atoms. The number of rotatable bonds is 6. The normalized spacial score (nSPS) is 14.1. The van der Waals surface area contributed by atoms with Gasteiger partial charge < -0.3 is 19.9 Å². The molecule has 1 aliphatic heterocycles. The third kappa shape index (κ3) is 4.50. The Morgan fingerprint density at radius 2 is 1.68 bits per heavy atom. The highest BCUT2D eigenvalue weighted by atomic mass is 16.5. The van der Waals surface area contributed by atoms with Crippen LogP contribution in [0.5, 0.6) is 11.5 Å². The maximum atomic E-state index is 12.4. The Kier molecular flexibility index (Phi) is 5.51. The van der Waals surface area contributed by atoms with Crippen molar-refractivity contribution in [1.29, 1.82) is 0 Å². The largest absolute Gasteiger partial charge is 0.455 e. The highest BCUT2D eigenvalue weighted by Crippen LogP contribution is 2.28. The highest BCUT2D eigenvalue weighted by Gasteiger charge is 2.20. The third-order valence-corrected chi connectivity index (χ3v) is 4.10. The van der Waals surface area contributed by atoms with Gasteiger partial charge in [0, 0.05) is 26.2 Å². The van der Waals surface area contributed by atoms with Gasteiger partial charge in [-0.05, 0) is 24.3 Å². The first-order chi connectivity index (χ1) is 12.3. The Balaban J connectivity index is 1.58. The van der Waals surface area contributed by atoms with Gasteiger partial charge in [-0.3, -0.25) is 9.59 Å². The van der Waals surface area contributed by atoms with Crippen LogP contribution < -0.4 is 10.1 Å². The SMILES string of the molecule is O=CN1CCN(C(=O)CNc2ccccc2Oc2ccccc2)CC1. The minimum Gasteiger partial charge on any atom is -0.455 e. The number of carbonyl (C=O) groups excluding carboxylic acids is 2. The summed E-state index contributed by atoms with van der Waals surface area (Å²) in [5.41, 5.74) is 0.770. The monoisotopic (exact) mass is 339 g/mol. The highest BCUT2D eigenvalue weighted by molar-refractivity contribution is 5.81. The Labute approximate surface area is 147 Å². The maximum absolute atomic E-state index is 12.4. The lowest BCUT2D eigenvalue weighted by Crippen LogP contribution is -2.49. The second-order valence-corrected chi connectivity index (χ2v) is 5.79. The van der Waals surface area contributed by atoms with Gasteiger partial charge in [0.25, 0.3) is 0 Å². The number of nitrogens with zero attached hydrogens (tertiary/aromatic N) is 2. The molecule has 1 heterocycles. The number of piperazine rings is 1. The number of anilines is 1. The Morgan fingerprint density at radius 1 is 1.00 bits per heavy atom. The Hall–Kier alpha value is -3.02. The molecule has 2 amide bonds. The van der Waals surface area contributed by atoms with E-state index in [9.17, 15) is 9.59 Å². The van der Waals surface area contributed by atoms with Gasteiger partial charge in [-0.15, -0.1) is 0 Å². The summed E-state index contributed by atoms with van der Waals surface area (Å²) >= 11 is 0. The van der Waals surface area contributed by atoms with Crippen LogP contribution in [0.4, 0.5) is 5.69 Å². The fraction of sp³-hybridized carbons (Fsp3) is 0.263. The zero-order chi connectivity index (χ0) is 17.5. The molecular weight excluding hydrogens is 318 g/mol. The van der Waals surface area contributed by atoms with E-state index < -0.39 is 0 Å². The number of para-hydroxylation sites is 3. The van der Waals surface area contributed by atoms with Crippen LogP contribution in [0.3, 0.4) is 0 Å². The van der Waals surface area contributed by atoms with Gasteiger partial charge >= 0.3 is 0 Å². The molecule has 1 fully saturated rings. The van der Waals surface area contributed by atoms with Crippen LogP contribution in [0.15, 0.2) is 54.6 Å². The predicted molar refractivity (Wildman–Crippen MR) is 95.7 cm³/mol. The second-order valence-electron chi connectivity index (χ2n) is 5.79. The summed E-state index contributed by atoms with van der Waals surface area (Å²) in [6, 6.07) is 17.1. The first kappa shape index (κ1) is 16.8. The zero-order valence-electron chi connectivity index (χ0n) is 13.9. The third-order valence-electron chi connectivity index (χ3n) is 4.10. The number of ether oxygens (including phenoxy) is 1. The lowest BCUT2D eigenvalue weighted by molar-refractivity contribution is -0.133. The predicted octanol–water partition coefficient (Wildman–Crippen LogP) is 2.19. The molecule has 0 atom stereocenters. The Bertz CT molecular complexity index is 713. The van der Waals surface area contributed by atoms with Gasteiger partial charge in [0.15, 0.2) is 5.75 Å². The molecule has 0 bridgehead atoms. The fourth-order valence-corrected chi connectivity index (χ4v) is 2.68. The summed E-state index contributed by atoms with van der Waals surface area (Å²) in [6.07, 6.45) is 0.831. The van der Waals surface area contributed by atoms with Crippen molar-refractivity contribution in [3.05, 3.63) is 54.6 Å². The minimum atomic E-state index is 0.0139. The van der Waals surface area contributed by atoms with Crippen LogP contribution >= 0.6 is 0 Å². The number of carbonyl (C=O) groups is 2. The van der Waals surface area contributed by atoms with E-state index in [1.807, 2.05) is 54.6 Å². The van der Waals surface area contributed by atoms with Crippen molar-refractivity contribution < 1.29 is 14.3 Å². The standard InChI is InChI=1S/C19H21N3O3/c23-15-21-10-12-22(13-11-21)19(24)14-20-17-8-4-5-9-18(17)25-16-6-2-1-3-7-16/h1-9,15,20H,10-14H2. The van der Waals surface area contributed by atoms with Gasteiger partial charge in [0.2, 0.25) is 12.3 Å². The molecule has 2 aromatic carbocycles. The van der Waals surface area contributed by atoms with E-state index in [0.29, 0.717) is 31.9 Å². The van der Waals surface area contributed by atoms with Crippen molar-refractivity contribution >= 4 is 18.0 Å². The topological polar surface area (TPSA) is 61.9 Å². The van der Waals surface area contributed by atoms with E-state index in [4.69, 9.17) is 4.74 Å². The van der Waals surface area contributed by atoms with E-state index >= 15 is 0 Å². The molecule has 0 aliphatic carbocycles. The number of hydrogen-bond acceptors (Lipinski definition) is 4. The number of nitrogens with one attached hydrogen (secondary N) is 1. The summed E-state index contributed by atoms with van der Waals surface area (Å²) in [4.78, 5) is 26.5. The van der Waals surface area contributed by atoms with Gasteiger partial charge in [-0.25, -0.2) is 0 Å². The van der Waals surface area contributed by atoms with Crippen molar-refractivity contribution in [2.24, 2.45) is 0 Å². The summed E-state index contributed by atoms with van der Waals surface area (Å²) in [5, 5.41) is 3.16. The zero-order valence-corrected chi connectivity index (χ0v) is 13.9. The molecule has 1 saturated heterocycles. The van der Waals surface area contributed by atoms with Crippen molar-refractivity contribution in [3.63, 3.8) is 0 Å². The van der Waals surface area contributed by atoms with Crippen LogP contribution in [0.1, 0.15) is 0 Å². The van der Waals surface area contributed by atoms with Gasteiger partial charge in [0.1, 0.15) is 5.75 Å². The summed E-state index contributed by atoms with van der Waals surface area (Å²) in [7, 11) is 0. The van der Waals surface area contributed by atoms with Crippen molar-refractivity contribution in [2.45, 2.75) is 0 Å². The molecule has 1 aliphatic rings. The quantitative estimate of drug-likeness (QED) is 0.820. The molecule has 1 N–H and O–H groups in total. The van der Waals surface area contributed by atoms with Crippen LogP contribution in [-0.4, -0.2) is 54.8 Å². The molecule has 130 valence electrons. The van der Waals surface area contributed by atoms with Crippen LogP contribution in [0.2, 0.25) is 0 Å². The first-order valence-electron chi connectivity index (χ1n) is 8.29. The molecule has 0 saturated carbocycles. The van der Waals surface area contributed by atoms with E-state index in [1.165, 1.54) is 0 Å². The average Bonchev–Trinajstić information content (AvgIpc) is 2.68. The number of amides is 2. The smallest absolute Gasteiger partial charge is 0.241 e. The van der Waals surface area contributed by atoms with Gasteiger partial charge in [0.05, 0.1) is 12.2 Å². The lowest BCUT2D eigenvalue weighted by Gasteiger charge is -2.32. The second kappa shape index (κ2) is 8.19. The van der Waals surface area contributed by atoms with Gasteiger partial charge in [-0.2, -0.15) is 0 Å². The molecule has 0 radical (unpaired) electrons. The number of hydrogen-bond donors (Lipinski definition) is 1. The average molecular weight is 339 g/mol. The molecule has 6 heteroatoms. The molecule has 3 rings (SSSR count).